The Morgan fingerprint density at radius 2 is 1.73 bits per heavy atom. The van der Waals surface area contributed by atoms with Crippen molar-refractivity contribution in [1.29, 1.82) is 0 Å². The van der Waals surface area contributed by atoms with Gasteiger partial charge in [-0.2, -0.15) is 0 Å². The van der Waals surface area contributed by atoms with Gasteiger partial charge in [-0.1, -0.05) is 11.6 Å². The van der Waals surface area contributed by atoms with Gasteiger partial charge in [-0.05, 0) is 40.8 Å². The number of rotatable bonds is 1. The van der Waals surface area contributed by atoms with Crippen molar-refractivity contribution in [2.75, 3.05) is 4.90 Å². The Bertz CT molecular complexity index is 466. The molecule has 0 saturated carbocycles. The molecule has 0 spiro atoms. The van der Waals surface area contributed by atoms with Crippen molar-refractivity contribution >= 4 is 51.7 Å². The van der Waals surface area contributed by atoms with Crippen LogP contribution in [0.25, 0.3) is 0 Å². The van der Waals surface area contributed by atoms with Crippen LogP contribution in [0.3, 0.4) is 0 Å². The highest BCUT2D eigenvalue weighted by molar-refractivity contribution is 14.1. The number of carbonyl (C=O) groups excluding carboxylic acids is 2. The molecule has 76 valence electrons. The highest BCUT2D eigenvalue weighted by atomic mass is 127. The van der Waals surface area contributed by atoms with E-state index in [4.69, 9.17) is 11.6 Å². The average molecular weight is 334 g/mol. The van der Waals surface area contributed by atoms with Gasteiger partial charge >= 0.3 is 0 Å². The minimum Gasteiger partial charge on any atom is -0.269 e. The Labute approximate surface area is 105 Å². The summed E-state index contributed by atoms with van der Waals surface area (Å²) in [6.07, 6.45) is 2.47. The van der Waals surface area contributed by atoms with Crippen LogP contribution in [0.15, 0.2) is 30.4 Å². The van der Waals surface area contributed by atoms with E-state index in [1.54, 1.807) is 18.2 Å². The topological polar surface area (TPSA) is 37.4 Å². The van der Waals surface area contributed by atoms with E-state index in [0.29, 0.717) is 10.7 Å². The van der Waals surface area contributed by atoms with Crippen LogP contribution in [0.1, 0.15) is 0 Å². The lowest BCUT2D eigenvalue weighted by atomic mass is 10.3. The van der Waals surface area contributed by atoms with Crippen LogP contribution in [-0.2, 0) is 9.59 Å². The van der Waals surface area contributed by atoms with Crippen molar-refractivity contribution < 1.29 is 9.59 Å². The third-order valence-electron chi connectivity index (χ3n) is 1.96. The first kappa shape index (κ1) is 10.6. The van der Waals surface area contributed by atoms with E-state index < -0.39 is 0 Å². The van der Waals surface area contributed by atoms with Crippen molar-refractivity contribution in [1.82, 2.24) is 0 Å². The predicted molar refractivity (Wildman–Crippen MR) is 65.8 cm³/mol. The van der Waals surface area contributed by atoms with Gasteiger partial charge in [0.15, 0.2) is 0 Å². The van der Waals surface area contributed by atoms with Crippen LogP contribution in [-0.4, -0.2) is 11.8 Å². The highest BCUT2D eigenvalue weighted by Gasteiger charge is 2.26. The van der Waals surface area contributed by atoms with Gasteiger partial charge in [0.05, 0.1) is 10.7 Å². The van der Waals surface area contributed by atoms with Crippen molar-refractivity contribution in [2.24, 2.45) is 0 Å². The zero-order valence-electron chi connectivity index (χ0n) is 7.41. The smallest absolute Gasteiger partial charge is 0.258 e. The largest absolute Gasteiger partial charge is 0.269 e. The average Bonchev–Trinajstić information content (AvgIpc) is 2.48. The number of carbonyl (C=O) groups is 2. The maximum absolute atomic E-state index is 11.4. The van der Waals surface area contributed by atoms with Crippen LogP contribution >= 0.6 is 34.2 Å². The van der Waals surface area contributed by atoms with Crippen molar-refractivity contribution in [3.63, 3.8) is 0 Å². The standard InChI is InChI=1S/C10H5ClINO2/c11-7-5-6(12)1-2-8(7)13-9(14)3-4-10(13)15/h1-5H. The summed E-state index contributed by atoms with van der Waals surface area (Å²) < 4.78 is 0.952. The van der Waals surface area contributed by atoms with Gasteiger partial charge in [-0.15, -0.1) is 0 Å². The van der Waals surface area contributed by atoms with Crippen LogP contribution in [0.2, 0.25) is 5.02 Å². The number of halogens is 2. The minimum absolute atomic E-state index is 0.358. The molecular weight excluding hydrogens is 328 g/mol. The minimum atomic E-state index is -0.358. The molecule has 0 N–H and O–H groups in total. The molecule has 0 radical (unpaired) electrons. The molecule has 1 aliphatic rings. The van der Waals surface area contributed by atoms with E-state index in [1.807, 2.05) is 0 Å². The van der Waals surface area contributed by atoms with Crippen molar-refractivity contribution in [3.05, 3.63) is 38.9 Å². The Morgan fingerprint density at radius 1 is 1.13 bits per heavy atom. The van der Waals surface area contributed by atoms with E-state index in [1.165, 1.54) is 12.2 Å². The van der Waals surface area contributed by atoms with Gasteiger partial charge in [-0.25, -0.2) is 4.90 Å². The fourth-order valence-corrected chi connectivity index (χ4v) is 2.24. The van der Waals surface area contributed by atoms with Gasteiger partial charge in [0.1, 0.15) is 0 Å². The summed E-state index contributed by atoms with van der Waals surface area (Å²) in [7, 11) is 0. The molecule has 15 heavy (non-hydrogen) atoms. The van der Waals surface area contributed by atoms with Crippen LogP contribution in [0, 0.1) is 3.57 Å². The first-order valence-electron chi connectivity index (χ1n) is 4.11. The third kappa shape index (κ3) is 1.91. The summed E-state index contributed by atoms with van der Waals surface area (Å²) >= 11 is 8.07. The third-order valence-corrected chi connectivity index (χ3v) is 2.93. The molecule has 3 nitrogen and oxygen atoms in total. The summed E-state index contributed by atoms with van der Waals surface area (Å²) in [4.78, 5) is 23.8. The number of anilines is 1. The Hall–Kier alpha value is -0.880. The summed E-state index contributed by atoms with van der Waals surface area (Å²) in [5.74, 6) is -0.716. The first-order chi connectivity index (χ1) is 7.09. The number of hydrogen-bond acceptors (Lipinski definition) is 2. The highest BCUT2D eigenvalue weighted by Crippen LogP contribution is 2.29. The molecule has 0 unspecified atom stereocenters. The van der Waals surface area contributed by atoms with Crippen molar-refractivity contribution in [2.45, 2.75) is 0 Å². The summed E-state index contributed by atoms with van der Waals surface area (Å²) in [6, 6.07) is 5.16. The second kappa shape index (κ2) is 3.94. The summed E-state index contributed by atoms with van der Waals surface area (Å²) in [6.45, 7) is 0. The fourth-order valence-electron chi connectivity index (χ4n) is 1.30. The zero-order valence-corrected chi connectivity index (χ0v) is 10.3. The molecule has 0 aromatic heterocycles. The quantitative estimate of drug-likeness (QED) is 0.584. The lowest BCUT2D eigenvalue weighted by molar-refractivity contribution is -0.119. The van der Waals surface area contributed by atoms with E-state index in [-0.39, 0.29) is 11.8 Å². The molecule has 0 fully saturated rings. The number of imide groups is 1. The molecule has 1 aliphatic heterocycles. The molecule has 0 saturated heterocycles. The summed E-state index contributed by atoms with van der Waals surface area (Å²) in [5, 5.41) is 0.396. The Balaban J connectivity index is 2.46. The molecule has 0 atom stereocenters. The van der Waals surface area contributed by atoms with Crippen LogP contribution < -0.4 is 4.90 Å². The molecule has 0 bridgehead atoms. The maximum Gasteiger partial charge on any atom is 0.258 e. The normalized spacial score (nSPS) is 15.2. The number of benzene rings is 1. The molecule has 1 aromatic rings. The lowest BCUT2D eigenvalue weighted by Gasteiger charge is -2.15. The number of nitrogens with zero attached hydrogens (tertiary/aromatic N) is 1. The van der Waals surface area contributed by atoms with E-state index >= 15 is 0 Å². The molecule has 2 rings (SSSR count). The molecule has 1 heterocycles. The lowest BCUT2D eigenvalue weighted by Crippen LogP contribution is -2.29. The number of amides is 2. The predicted octanol–water partition coefficient (Wildman–Crippen LogP) is 2.37. The van der Waals surface area contributed by atoms with Gasteiger partial charge in [0.2, 0.25) is 0 Å². The second-order valence-electron chi connectivity index (χ2n) is 2.94. The van der Waals surface area contributed by atoms with E-state index in [9.17, 15) is 9.59 Å². The second-order valence-corrected chi connectivity index (χ2v) is 4.59. The number of hydrogen-bond donors (Lipinski definition) is 0. The SMILES string of the molecule is O=C1C=CC(=O)N1c1ccc(I)cc1Cl. The van der Waals surface area contributed by atoms with E-state index in [2.05, 4.69) is 22.6 Å². The van der Waals surface area contributed by atoms with Crippen LogP contribution in [0.4, 0.5) is 5.69 Å². The molecule has 2 amide bonds. The maximum atomic E-state index is 11.4. The van der Waals surface area contributed by atoms with E-state index in [0.717, 1.165) is 8.47 Å². The van der Waals surface area contributed by atoms with Crippen molar-refractivity contribution in [3.8, 4) is 0 Å². The molecule has 5 heteroatoms. The van der Waals surface area contributed by atoms with Gasteiger partial charge in [-0.3, -0.25) is 9.59 Å². The monoisotopic (exact) mass is 333 g/mol. The molecule has 0 aliphatic carbocycles. The fraction of sp³-hybridized carbons (Fsp3) is 0. The molecule has 1 aromatic carbocycles. The molecular formula is C10H5ClINO2. The van der Waals surface area contributed by atoms with Gasteiger partial charge < -0.3 is 0 Å². The Kier molecular flexibility index (Phi) is 2.79. The van der Waals surface area contributed by atoms with Crippen LogP contribution in [0.5, 0.6) is 0 Å². The van der Waals surface area contributed by atoms with Gasteiger partial charge in [0.25, 0.3) is 11.8 Å². The zero-order chi connectivity index (χ0) is 11.0. The summed E-state index contributed by atoms with van der Waals surface area (Å²) in [5.41, 5.74) is 0.428. The van der Waals surface area contributed by atoms with Gasteiger partial charge in [0, 0.05) is 15.7 Å². The Morgan fingerprint density at radius 3 is 2.27 bits per heavy atom. The first-order valence-corrected chi connectivity index (χ1v) is 5.56.